The fourth-order valence-electron chi connectivity index (χ4n) is 2.11. The molecule has 0 saturated heterocycles. The van der Waals surface area contributed by atoms with E-state index in [0.29, 0.717) is 6.42 Å². The lowest BCUT2D eigenvalue weighted by Gasteiger charge is -2.21. The van der Waals surface area contributed by atoms with Gasteiger partial charge in [-0.3, -0.25) is 0 Å². The molecule has 0 spiro atoms. The van der Waals surface area contributed by atoms with Gasteiger partial charge in [-0.1, -0.05) is 25.1 Å². The summed E-state index contributed by atoms with van der Waals surface area (Å²) in [4.78, 5) is 0. The van der Waals surface area contributed by atoms with E-state index in [4.69, 9.17) is 4.74 Å². The van der Waals surface area contributed by atoms with Gasteiger partial charge in [0.05, 0.1) is 12.2 Å². The monoisotopic (exact) mass is 222 g/mol. The number of aliphatic hydroxyl groups excluding tert-OH is 1. The third-order valence-electron chi connectivity index (χ3n) is 3.19. The third-order valence-corrected chi connectivity index (χ3v) is 3.19. The standard InChI is InChI=1S/C14H22O2/c1-5-14(16-4)13(15)9-12-10(2)7-6-8-11(12)3/h6-8,13-15H,5,9H2,1-4H3. The smallest absolute Gasteiger partial charge is 0.0842 e. The molecular weight excluding hydrogens is 200 g/mol. The first-order chi connectivity index (χ1) is 7.60. The first-order valence-corrected chi connectivity index (χ1v) is 5.86. The maximum Gasteiger partial charge on any atom is 0.0842 e. The highest BCUT2D eigenvalue weighted by Crippen LogP contribution is 2.18. The minimum atomic E-state index is -0.421. The molecule has 1 aromatic carbocycles. The zero-order chi connectivity index (χ0) is 12.1. The number of hydrogen-bond acceptors (Lipinski definition) is 2. The lowest BCUT2D eigenvalue weighted by Crippen LogP contribution is -2.29. The van der Waals surface area contributed by atoms with Crippen LogP contribution in [-0.2, 0) is 11.2 Å². The molecule has 2 nitrogen and oxygen atoms in total. The Balaban J connectivity index is 2.80. The van der Waals surface area contributed by atoms with Gasteiger partial charge in [0.15, 0.2) is 0 Å². The van der Waals surface area contributed by atoms with Crippen LogP contribution in [0.15, 0.2) is 18.2 Å². The fourth-order valence-corrected chi connectivity index (χ4v) is 2.11. The fraction of sp³-hybridized carbons (Fsp3) is 0.571. The number of hydrogen-bond donors (Lipinski definition) is 1. The van der Waals surface area contributed by atoms with E-state index in [1.807, 2.05) is 13.0 Å². The zero-order valence-corrected chi connectivity index (χ0v) is 10.7. The highest BCUT2D eigenvalue weighted by molar-refractivity contribution is 5.34. The van der Waals surface area contributed by atoms with Crippen LogP contribution in [0.5, 0.6) is 0 Å². The van der Waals surface area contributed by atoms with Gasteiger partial charge in [-0.25, -0.2) is 0 Å². The van der Waals surface area contributed by atoms with Crippen LogP contribution in [0, 0.1) is 13.8 Å². The van der Waals surface area contributed by atoms with Gasteiger partial charge in [0.1, 0.15) is 0 Å². The van der Waals surface area contributed by atoms with E-state index in [9.17, 15) is 5.11 Å². The Labute approximate surface area is 98.3 Å². The lowest BCUT2D eigenvalue weighted by molar-refractivity contribution is -0.0129. The summed E-state index contributed by atoms with van der Waals surface area (Å²) in [5.74, 6) is 0. The van der Waals surface area contributed by atoms with Gasteiger partial charge in [-0.05, 0) is 37.0 Å². The van der Waals surface area contributed by atoms with Crippen LogP contribution in [0.2, 0.25) is 0 Å². The van der Waals surface area contributed by atoms with Crippen molar-refractivity contribution in [2.75, 3.05) is 7.11 Å². The average molecular weight is 222 g/mol. The largest absolute Gasteiger partial charge is 0.390 e. The van der Waals surface area contributed by atoms with Crippen molar-refractivity contribution >= 4 is 0 Å². The summed E-state index contributed by atoms with van der Waals surface area (Å²) in [5, 5.41) is 10.1. The van der Waals surface area contributed by atoms with Crippen LogP contribution in [0.25, 0.3) is 0 Å². The van der Waals surface area contributed by atoms with Crippen molar-refractivity contribution in [3.63, 3.8) is 0 Å². The number of benzene rings is 1. The summed E-state index contributed by atoms with van der Waals surface area (Å²) in [6, 6.07) is 6.22. The van der Waals surface area contributed by atoms with Crippen LogP contribution in [0.4, 0.5) is 0 Å². The first-order valence-electron chi connectivity index (χ1n) is 5.86. The molecule has 0 fully saturated rings. The van der Waals surface area contributed by atoms with Crippen molar-refractivity contribution in [3.05, 3.63) is 34.9 Å². The van der Waals surface area contributed by atoms with Crippen LogP contribution >= 0.6 is 0 Å². The topological polar surface area (TPSA) is 29.5 Å². The molecule has 2 heteroatoms. The highest BCUT2D eigenvalue weighted by atomic mass is 16.5. The van der Waals surface area contributed by atoms with Gasteiger partial charge in [-0.2, -0.15) is 0 Å². The Morgan fingerprint density at radius 2 is 1.81 bits per heavy atom. The predicted molar refractivity (Wildman–Crippen MR) is 66.7 cm³/mol. The highest BCUT2D eigenvalue weighted by Gasteiger charge is 2.18. The second-order valence-corrected chi connectivity index (χ2v) is 4.32. The molecule has 1 aromatic rings. The minimum absolute atomic E-state index is 0.0704. The Hall–Kier alpha value is -0.860. The van der Waals surface area contributed by atoms with Crippen LogP contribution < -0.4 is 0 Å². The number of aryl methyl sites for hydroxylation is 2. The van der Waals surface area contributed by atoms with Crippen molar-refractivity contribution in [1.29, 1.82) is 0 Å². The third kappa shape index (κ3) is 3.06. The van der Waals surface area contributed by atoms with Gasteiger partial charge < -0.3 is 9.84 Å². The summed E-state index contributed by atoms with van der Waals surface area (Å²) in [7, 11) is 1.65. The van der Waals surface area contributed by atoms with Gasteiger partial charge in [0, 0.05) is 13.5 Å². The van der Waals surface area contributed by atoms with Crippen molar-refractivity contribution < 1.29 is 9.84 Å². The van der Waals surface area contributed by atoms with E-state index < -0.39 is 6.10 Å². The summed E-state index contributed by atoms with van der Waals surface area (Å²) in [6.45, 7) is 6.20. The Morgan fingerprint density at radius 3 is 2.25 bits per heavy atom. The van der Waals surface area contributed by atoms with E-state index in [0.717, 1.165) is 6.42 Å². The number of ether oxygens (including phenoxy) is 1. The number of methoxy groups -OCH3 is 1. The molecule has 0 aliphatic heterocycles. The van der Waals surface area contributed by atoms with E-state index in [1.165, 1.54) is 16.7 Å². The molecular formula is C14H22O2. The minimum Gasteiger partial charge on any atom is -0.390 e. The molecule has 0 saturated carbocycles. The molecule has 0 radical (unpaired) electrons. The summed E-state index contributed by atoms with van der Waals surface area (Å²) in [5.41, 5.74) is 3.72. The molecule has 1 N–H and O–H groups in total. The summed E-state index contributed by atoms with van der Waals surface area (Å²) >= 11 is 0. The molecule has 16 heavy (non-hydrogen) atoms. The van der Waals surface area contributed by atoms with E-state index >= 15 is 0 Å². The quantitative estimate of drug-likeness (QED) is 0.830. The molecule has 0 heterocycles. The Bertz CT molecular complexity index is 309. The molecule has 0 bridgehead atoms. The van der Waals surface area contributed by atoms with Crippen LogP contribution in [-0.4, -0.2) is 24.4 Å². The lowest BCUT2D eigenvalue weighted by atomic mass is 9.95. The Kier molecular flexibility index (Phi) is 4.97. The number of aliphatic hydroxyl groups is 1. The van der Waals surface area contributed by atoms with Crippen LogP contribution in [0.1, 0.15) is 30.0 Å². The van der Waals surface area contributed by atoms with E-state index in [-0.39, 0.29) is 6.10 Å². The molecule has 0 aliphatic rings. The molecule has 90 valence electrons. The van der Waals surface area contributed by atoms with Crippen LogP contribution in [0.3, 0.4) is 0 Å². The predicted octanol–water partition coefficient (Wildman–Crippen LogP) is 2.63. The van der Waals surface area contributed by atoms with E-state index in [2.05, 4.69) is 26.0 Å². The van der Waals surface area contributed by atoms with Gasteiger partial charge in [-0.15, -0.1) is 0 Å². The maximum atomic E-state index is 10.1. The van der Waals surface area contributed by atoms with E-state index in [1.54, 1.807) is 7.11 Å². The van der Waals surface area contributed by atoms with Gasteiger partial charge in [0.2, 0.25) is 0 Å². The van der Waals surface area contributed by atoms with Gasteiger partial charge >= 0.3 is 0 Å². The molecule has 0 aromatic heterocycles. The molecule has 1 rings (SSSR count). The molecule has 0 aliphatic carbocycles. The SMILES string of the molecule is CCC(OC)C(O)Cc1c(C)cccc1C. The van der Waals surface area contributed by atoms with Crippen molar-refractivity contribution in [2.45, 2.75) is 45.8 Å². The van der Waals surface area contributed by atoms with Crippen molar-refractivity contribution in [2.24, 2.45) is 0 Å². The summed E-state index contributed by atoms with van der Waals surface area (Å²) in [6.07, 6.45) is 1.02. The van der Waals surface area contributed by atoms with Gasteiger partial charge in [0.25, 0.3) is 0 Å². The van der Waals surface area contributed by atoms with Crippen molar-refractivity contribution in [3.8, 4) is 0 Å². The molecule has 2 unspecified atom stereocenters. The first kappa shape index (κ1) is 13.2. The summed E-state index contributed by atoms with van der Waals surface area (Å²) < 4.78 is 5.26. The molecule has 0 amide bonds. The second-order valence-electron chi connectivity index (χ2n) is 4.32. The average Bonchev–Trinajstić information content (AvgIpc) is 2.25. The Morgan fingerprint density at radius 1 is 1.25 bits per heavy atom. The second kappa shape index (κ2) is 6.02. The van der Waals surface area contributed by atoms with Crippen molar-refractivity contribution in [1.82, 2.24) is 0 Å². The normalized spacial score (nSPS) is 14.8. The molecule has 2 atom stereocenters. The maximum absolute atomic E-state index is 10.1. The number of rotatable bonds is 5. The zero-order valence-electron chi connectivity index (χ0n) is 10.7.